The fourth-order valence-corrected chi connectivity index (χ4v) is 2.63. The molecule has 0 heterocycles. The van der Waals surface area contributed by atoms with Gasteiger partial charge in [-0.2, -0.15) is 0 Å². The Morgan fingerprint density at radius 2 is 1.66 bits per heavy atom. The maximum atomic E-state index is 12.7. The zero-order valence-corrected chi connectivity index (χ0v) is 18.2. The molecule has 0 atom stereocenters. The van der Waals surface area contributed by atoms with Crippen LogP contribution in [-0.2, 0) is 9.59 Å². The minimum absolute atomic E-state index is 0.00571. The molecule has 0 unspecified atom stereocenters. The molecule has 2 rings (SSSR count). The van der Waals surface area contributed by atoms with Crippen LogP contribution in [0.25, 0.3) is 6.08 Å². The molecule has 0 bridgehead atoms. The first-order valence-electron chi connectivity index (χ1n) is 10.3. The Morgan fingerprint density at radius 1 is 1.00 bits per heavy atom. The normalized spacial score (nSPS) is 10.9. The third kappa shape index (κ3) is 8.14. The molecule has 2 amide bonds. The van der Waals surface area contributed by atoms with Gasteiger partial charge in [-0.05, 0) is 54.5 Å². The lowest BCUT2D eigenvalue weighted by molar-refractivity contribution is -0.136. The van der Waals surface area contributed by atoms with Gasteiger partial charge >= 0.3 is 5.97 Å². The summed E-state index contributed by atoms with van der Waals surface area (Å²) in [5.74, 6) is -0.778. The number of rotatable bonds is 12. The van der Waals surface area contributed by atoms with Gasteiger partial charge in [0.25, 0.3) is 11.8 Å². The van der Waals surface area contributed by atoms with Crippen LogP contribution in [0.3, 0.4) is 0 Å². The Balaban J connectivity index is 2.15. The van der Waals surface area contributed by atoms with Crippen LogP contribution in [0.15, 0.2) is 54.2 Å². The van der Waals surface area contributed by atoms with E-state index in [1.165, 1.54) is 6.08 Å². The summed E-state index contributed by atoms with van der Waals surface area (Å²) in [4.78, 5) is 36.0. The first kappa shape index (κ1) is 24.5. The lowest BCUT2D eigenvalue weighted by Gasteiger charge is -2.12. The number of carboxylic acids is 1. The lowest BCUT2D eigenvalue weighted by Crippen LogP contribution is -2.35. The summed E-state index contributed by atoms with van der Waals surface area (Å²) >= 11 is 0. The standard InChI is InChI=1S/C24H28N2O6/c1-3-4-15-32-20-11-7-18(8-12-20)23(29)26-21(24(30)25-14-13-22(27)28)16-17-5-9-19(31-2)10-6-17/h5-12,16H,3-4,13-15H2,1-2H3,(H,25,30)(H,26,29)(H,27,28)/b21-16-. The number of nitrogens with one attached hydrogen (secondary N) is 2. The van der Waals surface area contributed by atoms with E-state index in [-0.39, 0.29) is 18.7 Å². The van der Waals surface area contributed by atoms with E-state index in [9.17, 15) is 14.4 Å². The average Bonchev–Trinajstić information content (AvgIpc) is 2.79. The van der Waals surface area contributed by atoms with Crippen molar-refractivity contribution in [1.82, 2.24) is 10.6 Å². The van der Waals surface area contributed by atoms with Crippen molar-refractivity contribution >= 4 is 23.9 Å². The minimum atomic E-state index is -1.03. The highest BCUT2D eigenvalue weighted by atomic mass is 16.5. The van der Waals surface area contributed by atoms with E-state index >= 15 is 0 Å². The van der Waals surface area contributed by atoms with Gasteiger partial charge in [-0.3, -0.25) is 14.4 Å². The molecule has 0 aliphatic heterocycles. The van der Waals surface area contributed by atoms with E-state index < -0.39 is 17.8 Å². The molecule has 32 heavy (non-hydrogen) atoms. The monoisotopic (exact) mass is 440 g/mol. The Hall–Kier alpha value is -3.81. The maximum absolute atomic E-state index is 12.7. The van der Waals surface area contributed by atoms with Gasteiger partial charge in [-0.1, -0.05) is 25.5 Å². The number of unbranched alkanes of at least 4 members (excludes halogenated alkanes) is 1. The van der Waals surface area contributed by atoms with E-state index in [2.05, 4.69) is 17.6 Å². The molecule has 2 aromatic rings. The minimum Gasteiger partial charge on any atom is -0.497 e. The third-order valence-electron chi connectivity index (χ3n) is 4.43. The van der Waals surface area contributed by atoms with Gasteiger partial charge < -0.3 is 25.2 Å². The summed E-state index contributed by atoms with van der Waals surface area (Å²) in [5, 5.41) is 13.9. The first-order chi connectivity index (χ1) is 15.4. The van der Waals surface area contributed by atoms with Crippen LogP contribution in [0, 0.1) is 0 Å². The fourth-order valence-electron chi connectivity index (χ4n) is 2.63. The lowest BCUT2D eigenvalue weighted by atomic mass is 10.1. The summed E-state index contributed by atoms with van der Waals surface area (Å²) in [6.07, 6.45) is 3.25. The molecule has 0 saturated carbocycles. The van der Waals surface area contributed by atoms with Gasteiger partial charge in [0.2, 0.25) is 0 Å². The number of carbonyl (C=O) groups is 3. The second-order valence-corrected chi connectivity index (χ2v) is 6.91. The second kappa shape index (κ2) is 12.8. The summed E-state index contributed by atoms with van der Waals surface area (Å²) in [7, 11) is 1.55. The number of carbonyl (C=O) groups excluding carboxylic acids is 2. The van der Waals surface area contributed by atoms with Crippen LogP contribution in [0.1, 0.15) is 42.1 Å². The van der Waals surface area contributed by atoms with E-state index in [1.807, 2.05) is 0 Å². The van der Waals surface area contributed by atoms with Gasteiger partial charge in [0.1, 0.15) is 17.2 Å². The number of benzene rings is 2. The smallest absolute Gasteiger partial charge is 0.305 e. The second-order valence-electron chi connectivity index (χ2n) is 6.91. The predicted molar refractivity (Wildman–Crippen MR) is 121 cm³/mol. The Kier molecular flexibility index (Phi) is 9.77. The largest absolute Gasteiger partial charge is 0.497 e. The molecule has 3 N–H and O–H groups in total. The van der Waals surface area contributed by atoms with Crippen molar-refractivity contribution in [2.75, 3.05) is 20.3 Å². The van der Waals surface area contributed by atoms with Crippen molar-refractivity contribution in [3.05, 3.63) is 65.4 Å². The van der Waals surface area contributed by atoms with E-state index in [0.29, 0.717) is 29.2 Å². The van der Waals surface area contributed by atoms with Crippen LogP contribution < -0.4 is 20.1 Å². The number of amides is 2. The quantitative estimate of drug-likeness (QED) is 0.345. The molecule has 0 fully saturated rings. The van der Waals surface area contributed by atoms with Crippen LogP contribution in [0.5, 0.6) is 11.5 Å². The van der Waals surface area contributed by atoms with E-state index in [1.54, 1.807) is 55.6 Å². The number of carboxylic acid groups (broad SMARTS) is 1. The molecule has 8 nitrogen and oxygen atoms in total. The van der Waals surface area contributed by atoms with Crippen molar-refractivity contribution in [2.45, 2.75) is 26.2 Å². The summed E-state index contributed by atoms with van der Waals surface area (Å²) in [6, 6.07) is 13.5. The molecule has 0 spiro atoms. The van der Waals surface area contributed by atoms with Crippen molar-refractivity contribution in [2.24, 2.45) is 0 Å². The summed E-state index contributed by atoms with van der Waals surface area (Å²) in [5.41, 5.74) is 1.01. The highest BCUT2D eigenvalue weighted by Gasteiger charge is 2.15. The molecule has 8 heteroatoms. The fraction of sp³-hybridized carbons (Fsp3) is 0.292. The first-order valence-corrected chi connectivity index (χ1v) is 10.3. The van der Waals surface area contributed by atoms with Crippen LogP contribution in [-0.4, -0.2) is 43.2 Å². The van der Waals surface area contributed by atoms with Gasteiger partial charge in [0.05, 0.1) is 20.1 Å². The van der Waals surface area contributed by atoms with Crippen molar-refractivity contribution in [3.8, 4) is 11.5 Å². The molecule has 2 aromatic carbocycles. The van der Waals surface area contributed by atoms with Crippen molar-refractivity contribution in [1.29, 1.82) is 0 Å². The molecule has 0 radical (unpaired) electrons. The third-order valence-corrected chi connectivity index (χ3v) is 4.43. The number of hydrogen-bond donors (Lipinski definition) is 3. The predicted octanol–water partition coefficient (Wildman–Crippen LogP) is 3.24. The zero-order chi connectivity index (χ0) is 23.3. The van der Waals surface area contributed by atoms with Gasteiger partial charge in [0, 0.05) is 12.1 Å². The number of methoxy groups -OCH3 is 1. The van der Waals surface area contributed by atoms with Crippen molar-refractivity contribution in [3.63, 3.8) is 0 Å². The SMILES string of the molecule is CCCCOc1ccc(C(=O)N/C(=C\c2ccc(OC)cc2)C(=O)NCCC(=O)O)cc1. The van der Waals surface area contributed by atoms with Gasteiger partial charge in [-0.25, -0.2) is 0 Å². The summed E-state index contributed by atoms with van der Waals surface area (Å²) in [6.45, 7) is 2.62. The highest BCUT2D eigenvalue weighted by molar-refractivity contribution is 6.05. The number of aliphatic carboxylic acids is 1. The van der Waals surface area contributed by atoms with Crippen molar-refractivity contribution < 1.29 is 29.0 Å². The topological polar surface area (TPSA) is 114 Å². The Bertz CT molecular complexity index is 936. The molecule has 170 valence electrons. The molecule has 0 aliphatic carbocycles. The average molecular weight is 440 g/mol. The molecule has 0 aliphatic rings. The van der Waals surface area contributed by atoms with E-state index in [0.717, 1.165) is 12.8 Å². The van der Waals surface area contributed by atoms with Crippen LogP contribution >= 0.6 is 0 Å². The van der Waals surface area contributed by atoms with Gasteiger partial charge in [-0.15, -0.1) is 0 Å². The van der Waals surface area contributed by atoms with Crippen LogP contribution in [0.2, 0.25) is 0 Å². The Morgan fingerprint density at radius 3 is 2.25 bits per heavy atom. The zero-order valence-electron chi connectivity index (χ0n) is 18.2. The number of ether oxygens (including phenoxy) is 2. The molecular formula is C24H28N2O6. The molecular weight excluding hydrogens is 412 g/mol. The Labute approximate surface area is 187 Å². The maximum Gasteiger partial charge on any atom is 0.305 e. The van der Waals surface area contributed by atoms with Gasteiger partial charge in [0.15, 0.2) is 0 Å². The molecule has 0 aromatic heterocycles. The van der Waals surface area contributed by atoms with E-state index in [4.69, 9.17) is 14.6 Å². The highest BCUT2D eigenvalue weighted by Crippen LogP contribution is 2.15. The summed E-state index contributed by atoms with van der Waals surface area (Å²) < 4.78 is 10.7. The molecule has 0 saturated heterocycles. The number of hydrogen-bond acceptors (Lipinski definition) is 5. The van der Waals surface area contributed by atoms with Crippen LogP contribution in [0.4, 0.5) is 0 Å².